The SMILES string of the molecule is CCCCCCCCC(=O)N(CCCC)CC(=O)N(Cc1ccco1)CC1CCCO1. The molecule has 0 aliphatic carbocycles. The molecule has 1 unspecified atom stereocenters. The van der Waals surface area contributed by atoms with Gasteiger partial charge in [0.1, 0.15) is 5.76 Å². The Morgan fingerprint density at radius 1 is 1.00 bits per heavy atom. The lowest BCUT2D eigenvalue weighted by Gasteiger charge is -2.29. The van der Waals surface area contributed by atoms with Gasteiger partial charge in [-0.25, -0.2) is 0 Å². The first kappa shape index (κ1) is 25.4. The van der Waals surface area contributed by atoms with E-state index in [1.54, 1.807) is 16.1 Å². The topological polar surface area (TPSA) is 63.0 Å². The predicted octanol–water partition coefficient (Wildman–Crippen LogP) is 5.17. The highest BCUT2D eigenvalue weighted by atomic mass is 16.5. The Kier molecular flexibility index (Phi) is 12.4. The van der Waals surface area contributed by atoms with Crippen LogP contribution in [0.15, 0.2) is 22.8 Å². The van der Waals surface area contributed by atoms with Crippen LogP contribution in [0.25, 0.3) is 0 Å². The van der Waals surface area contributed by atoms with Gasteiger partial charge in [0.15, 0.2) is 0 Å². The first-order chi connectivity index (χ1) is 15.1. The van der Waals surface area contributed by atoms with Crippen molar-refractivity contribution in [2.75, 3.05) is 26.2 Å². The highest BCUT2D eigenvalue weighted by Crippen LogP contribution is 2.16. The largest absolute Gasteiger partial charge is 0.467 e. The standard InChI is InChI=1S/C25H42N2O4/c1-3-5-7-8-9-10-15-24(28)26(16-6-4-2)21-25(29)27(19-22-13-11-17-30-22)20-23-14-12-18-31-23/h11,13,17,23H,3-10,12,14-16,18-21H2,1-2H3. The lowest BCUT2D eigenvalue weighted by molar-refractivity contribution is -0.142. The fourth-order valence-corrected chi connectivity index (χ4v) is 4.00. The zero-order valence-corrected chi connectivity index (χ0v) is 19.7. The Labute approximate surface area is 188 Å². The van der Waals surface area contributed by atoms with E-state index in [1.807, 2.05) is 12.1 Å². The summed E-state index contributed by atoms with van der Waals surface area (Å²) in [6.45, 7) is 6.82. The number of carbonyl (C=O) groups is 2. The lowest BCUT2D eigenvalue weighted by atomic mass is 10.1. The smallest absolute Gasteiger partial charge is 0.242 e. The van der Waals surface area contributed by atoms with E-state index in [-0.39, 0.29) is 24.5 Å². The molecule has 0 bridgehead atoms. The zero-order valence-electron chi connectivity index (χ0n) is 19.7. The average molecular weight is 435 g/mol. The maximum absolute atomic E-state index is 13.2. The van der Waals surface area contributed by atoms with Crippen molar-refractivity contribution in [1.82, 2.24) is 9.80 Å². The molecule has 1 saturated heterocycles. The number of furan rings is 1. The molecule has 1 aromatic heterocycles. The van der Waals surface area contributed by atoms with Crippen LogP contribution in [0.5, 0.6) is 0 Å². The first-order valence-corrected chi connectivity index (χ1v) is 12.3. The molecule has 2 rings (SSSR count). The Morgan fingerprint density at radius 2 is 1.77 bits per heavy atom. The van der Waals surface area contributed by atoms with Crippen LogP contribution in [-0.2, 0) is 20.9 Å². The van der Waals surface area contributed by atoms with Crippen molar-refractivity contribution in [3.05, 3.63) is 24.2 Å². The number of ether oxygens (including phenoxy) is 1. The van der Waals surface area contributed by atoms with Crippen LogP contribution in [0.3, 0.4) is 0 Å². The van der Waals surface area contributed by atoms with E-state index in [0.29, 0.717) is 26.1 Å². The van der Waals surface area contributed by atoms with Gasteiger partial charge in [0, 0.05) is 26.1 Å². The van der Waals surface area contributed by atoms with Crippen molar-refractivity contribution in [2.45, 2.75) is 97.1 Å². The molecule has 1 aliphatic heterocycles. The second-order valence-electron chi connectivity index (χ2n) is 8.68. The van der Waals surface area contributed by atoms with Crippen LogP contribution in [0.4, 0.5) is 0 Å². The third-order valence-corrected chi connectivity index (χ3v) is 5.93. The second kappa shape index (κ2) is 15.1. The summed E-state index contributed by atoms with van der Waals surface area (Å²) in [7, 11) is 0. The highest BCUT2D eigenvalue weighted by Gasteiger charge is 2.26. The summed E-state index contributed by atoms with van der Waals surface area (Å²) < 4.78 is 11.2. The summed E-state index contributed by atoms with van der Waals surface area (Å²) in [5.41, 5.74) is 0. The maximum atomic E-state index is 13.2. The minimum Gasteiger partial charge on any atom is -0.467 e. The normalized spacial score (nSPS) is 15.9. The molecule has 2 amide bonds. The van der Waals surface area contributed by atoms with Crippen LogP contribution in [-0.4, -0.2) is 54.0 Å². The van der Waals surface area contributed by atoms with Crippen LogP contribution in [0, 0.1) is 0 Å². The summed E-state index contributed by atoms with van der Waals surface area (Å²) in [4.78, 5) is 29.7. The summed E-state index contributed by atoms with van der Waals surface area (Å²) in [5, 5.41) is 0. The van der Waals surface area contributed by atoms with Gasteiger partial charge in [-0.3, -0.25) is 9.59 Å². The Balaban J connectivity index is 1.91. The molecule has 1 fully saturated rings. The van der Waals surface area contributed by atoms with Gasteiger partial charge >= 0.3 is 0 Å². The van der Waals surface area contributed by atoms with Crippen molar-refractivity contribution in [2.24, 2.45) is 0 Å². The number of rotatable bonds is 16. The van der Waals surface area contributed by atoms with Gasteiger partial charge in [0.2, 0.25) is 11.8 Å². The first-order valence-electron chi connectivity index (χ1n) is 12.3. The lowest BCUT2D eigenvalue weighted by Crippen LogP contribution is -2.45. The van der Waals surface area contributed by atoms with Crippen molar-refractivity contribution in [3.63, 3.8) is 0 Å². The van der Waals surface area contributed by atoms with Gasteiger partial charge < -0.3 is 19.0 Å². The molecule has 1 atom stereocenters. The highest BCUT2D eigenvalue weighted by molar-refractivity contribution is 5.84. The van der Waals surface area contributed by atoms with Crippen LogP contribution in [0.2, 0.25) is 0 Å². The molecule has 31 heavy (non-hydrogen) atoms. The quantitative estimate of drug-likeness (QED) is 0.337. The molecule has 0 aromatic carbocycles. The fourth-order valence-electron chi connectivity index (χ4n) is 4.00. The van der Waals surface area contributed by atoms with Crippen LogP contribution in [0.1, 0.15) is 90.2 Å². The summed E-state index contributed by atoms with van der Waals surface area (Å²) in [6.07, 6.45) is 13.1. The second-order valence-corrected chi connectivity index (χ2v) is 8.68. The minimum atomic E-state index is -0.0284. The van der Waals surface area contributed by atoms with Crippen molar-refractivity contribution < 1.29 is 18.7 Å². The third-order valence-electron chi connectivity index (χ3n) is 5.93. The van der Waals surface area contributed by atoms with Crippen LogP contribution >= 0.6 is 0 Å². The molecule has 6 nitrogen and oxygen atoms in total. The molecular formula is C25H42N2O4. The van der Waals surface area contributed by atoms with E-state index >= 15 is 0 Å². The third kappa shape index (κ3) is 9.90. The molecule has 176 valence electrons. The van der Waals surface area contributed by atoms with Gasteiger partial charge in [-0.2, -0.15) is 0 Å². The summed E-state index contributed by atoms with van der Waals surface area (Å²) >= 11 is 0. The van der Waals surface area contributed by atoms with E-state index < -0.39 is 0 Å². The molecule has 0 radical (unpaired) electrons. The minimum absolute atomic E-state index is 0.0284. The number of unbranched alkanes of at least 4 members (excludes halogenated alkanes) is 6. The zero-order chi connectivity index (χ0) is 22.3. The molecule has 2 heterocycles. The van der Waals surface area contributed by atoms with Crippen LogP contribution < -0.4 is 0 Å². The Hall–Kier alpha value is -1.82. The number of hydrogen-bond donors (Lipinski definition) is 0. The van der Waals surface area contributed by atoms with Crippen molar-refractivity contribution >= 4 is 11.8 Å². The van der Waals surface area contributed by atoms with Crippen molar-refractivity contribution in [1.29, 1.82) is 0 Å². The Morgan fingerprint density at radius 3 is 2.45 bits per heavy atom. The number of hydrogen-bond acceptors (Lipinski definition) is 4. The maximum Gasteiger partial charge on any atom is 0.242 e. The molecule has 1 aromatic rings. The van der Waals surface area contributed by atoms with E-state index in [2.05, 4.69) is 13.8 Å². The Bertz CT molecular complexity index is 611. The number of nitrogens with zero attached hydrogens (tertiary/aromatic N) is 2. The fraction of sp³-hybridized carbons (Fsp3) is 0.760. The summed E-state index contributed by atoms with van der Waals surface area (Å²) in [5.74, 6) is 0.830. The number of carbonyl (C=O) groups excluding carboxylic acids is 2. The van der Waals surface area contributed by atoms with Crippen molar-refractivity contribution in [3.8, 4) is 0 Å². The van der Waals surface area contributed by atoms with Gasteiger partial charge in [0.25, 0.3) is 0 Å². The molecule has 1 aliphatic rings. The number of amides is 2. The molecule has 0 spiro atoms. The van der Waals surface area contributed by atoms with Gasteiger partial charge in [-0.1, -0.05) is 52.4 Å². The summed E-state index contributed by atoms with van der Waals surface area (Å²) in [6, 6.07) is 3.72. The molecular weight excluding hydrogens is 392 g/mol. The molecule has 0 N–H and O–H groups in total. The van der Waals surface area contributed by atoms with E-state index in [1.165, 1.54) is 25.7 Å². The molecule has 0 saturated carbocycles. The van der Waals surface area contributed by atoms with Gasteiger partial charge in [-0.05, 0) is 37.8 Å². The monoisotopic (exact) mass is 434 g/mol. The van der Waals surface area contributed by atoms with Gasteiger partial charge in [0.05, 0.1) is 25.5 Å². The van der Waals surface area contributed by atoms with E-state index in [4.69, 9.17) is 9.15 Å². The predicted molar refractivity (Wildman–Crippen MR) is 123 cm³/mol. The average Bonchev–Trinajstić information content (AvgIpc) is 3.47. The van der Waals surface area contributed by atoms with E-state index in [9.17, 15) is 9.59 Å². The molecule has 6 heteroatoms. The van der Waals surface area contributed by atoms with E-state index in [0.717, 1.165) is 50.9 Å². The van der Waals surface area contributed by atoms with Gasteiger partial charge in [-0.15, -0.1) is 0 Å².